The Bertz CT molecular complexity index is 574. The van der Waals surface area contributed by atoms with Gasteiger partial charge in [0.1, 0.15) is 12.5 Å². The van der Waals surface area contributed by atoms with E-state index in [4.69, 9.17) is 4.74 Å². The van der Waals surface area contributed by atoms with Crippen molar-refractivity contribution in [3.63, 3.8) is 0 Å². The molecule has 1 aromatic heterocycles. The molecule has 0 saturated heterocycles. The molecule has 0 bridgehead atoms. The Morgan fingerprint density at radius 1 is 1.57 bits per heavy atom. The topological polar surface area (TPSA) is 67.8 Å². The molecule has 1 N–H and O–H groups in total. The second-order valence-corrected chi connectivity index (χ2v) is 7.94. The van der Waals surface area contributed by atoms with Crippen molar-refractivity contribution in [2.24, 2.45) is 10.9 Å². The molecule has 21 heavy (non-hydrogen) atoms. The third-order valence-corrected chi connectivity index (χ3v) is 5.31. The molecule has 2 amide bonds. The predicted octanol–water partition coefficient (Wildman–Crippen LogP) is 3.26. The molecule has 0 aromatic carbocycles. The van der Waals surface area contributed by atoms with E-state index in [0.29, 0.717) is 12.3 Å². The molecule has 0 fully saturated rings. The number of halogens is 1. The molecule has 2 unspecified atom stereocenters. The number of carbonyl (C=O) groups is 2. The highest BCUT2D eigenvalue weighted by molar-refractivity contribution is 9.11. The fraction of sp³-hybridized carbons (Fsp3) is 0.462. The summed E-state index contributed by atoms with van der Waals surface area (Å²) in [5.41, 5.74) is 0.488. The van der Waals surface area contributed by atoms with Gasteiger partial charge in [-0.2, -0.15) is 11.8 Å². The molecule has 2 atom stereocenters. The van der Waals surface area contributed by atoms with Gasteiger partial charge in [-0.05, 0) is 41.2 Å². The van der Waals surface area contributed by atoms with Crippen LogP contribution in [0.15, 0.2) is 20.9 Å². The van der Waals surface area contributed by atoms with Crippen LogP contribution < -0.4 is 5.32 Å². The number of nitrogens with one attached hydrogen (secondary N) is 1. The van der Waals surface area contributed by atoms with E-state index in [-0.39, 0.29) is 5.97 Å². The van der Waals surface area contributed by atoms with E-state index in [0.717, 1.165) is 14.4 Å². The van der Waals surface area contributed by atoms with E-state index < -0.39 is 18.0 Å². The standard InChI is InChI=1S/C13H15BrN2O3S2/c1-7-10(12(17)19-5-6-20-2)11(16-13(18)15-7)8-3-4-9(14)21-8/h3-4,10-11H,5-6H2,1-2H3,(H,16,18). The van der Waals surface area contributed by atoms with E-state index in [1.54, 1.807) is 18.7 Å². The highest BCUT2D eigenvalue weighted by Gasteiger charge is 2.38. The fourth-order valence-corrected chi connectivity index (χ4v) is 3.83. The van der Waals surface area contributed by atoms with Crippen molar-refractivity contribution in [1.29, 1.82) is 0 Å². The quantitative estimate of drug-likeness (QED) is 0.618. The molecule has 0 radical (unpaired) electrons. The summed E-state index contributed by atoms with van der Waals surface area (Å²) in [6, 6.07) is 2.94. The Morgan fingerprint density at radius 3 is 2.95 bits per heavy atom. The van der Waals surface area contributed by atoms with Gasteiger partial charge in [0.25, 0.3) is 0 Å². The third kappa shape index (κ3) is 4.08. The minimum absolute atomic E-state index is 0.347. The van der Waals surface area contributed by atoms with E-state index in [9.17, 15) is 9.59 Å². The van der Waals surface area contributed by atoms with Crippen LogP contribution >= 0.6 is 39.0 Å². The van der Waals surface area contributed by atoms with Gasteiger partial charge >= 0.3 is 12.0 Å². The number of amides is 2. The first kappa shape index (κ1) is 16.5. The molecule has 2 heterocycles. The van der Waals surface area contributed by atoms with Crippen molar-refractivity contribution in [2.75, 3.05) is 18.6 Å². The van der Waals surface area contributed by atoms with Crippen LogP contribution in [0.1, 0.15) is 17.8 Å². The Labute approximate surface area is 139 Å². The molecular weight excluding hydrogens is 376 g/mol. The van der Waals surface area contributed by atoms with Crippen molar-refractivity contribution >= 4 is 56.7 Å². The van der Waals surface area contributed by atoms with Crippen LogP contribution in [0.3, 0.4) is 0 Å². The van der Waals surface area contributed by atoms with Crippen LogP contribution in [0, 0.1) is 5.92 Å². The summed E-state index contributed by atoms with van der Waals surface area (Å²) < 4.78 is 6.23. The number of thiophene rings is 1. The number of aliphatic imine (C=N–C) groups is 1. The average Bonchev–Trinajstić information content (AvgIpc) is 2.84. The number of carbonyl (C=O) groups excluding carboxylic acids is 2. The Kier molecular flexibility index (Phi) is 5.83. The zero-order valence-corrected chi connectivity index (χ0v) is 14.8. The number of thioether (sulfide) groups is 1. The van der Waals surface area contributed by atoms with Crippen LogP contribution in [0.25, 0.3) is 0 Å². The fourth-order valence-electron chi connectivity index (χ4n) is 2.07. The van der Waals surface area contributed by atoms with Gasteiger partial charge in [0.15, 0.2) is 0 Å². The largest absolute Gasteiger partial charge is 0.464 e. The summed E-state index contributed by atoms with van der Waals surface area (Å²) in [5.74, 6) is -0.175. The van der Waals surface area contributed by atoms with Crippen molar-refractivity contribution in [1.82, 2.24) is 5.32 Å². The monoisotopic (exact) mass is 390 g/mol. The van der Waals surface area contributed by atoms with E-state index >= 15 is 0 Å². The molecule has 1 aliphatic rings. The minimum atomic E-state index is -0.574. The lowest BCUT2D eigenvalue weighted by atomic mass is 9.92. The first-order chi connectivity index (χ1) is 10.0. The number of rotatable bonds is 5. The summed E-state index contributed by atoms with van der Waals surface area (Å²) in [4.78, 5) is 28.7. The summed E-state index contributed by atoms with van der Waals surface area (Å²) in [5, 5.41) is 2.75. The smallest absolute Gasteiger partial charge is 0.341 e. The molecule has 8 heteroatoms. The number of urea groups is 1. The normalized spacial score (nSPS) is 21.7. The summed E-state index contributed by atoms with van der Waals surface area (Å²) >= 11 is 6.49. The Morgan fingerprint density at radius 2 is 2.33 bits per heavy atom. The van der Waals surface area contributed by atoms with Gasteiger partial charge in [-0.25, -0.2) is 9.79 Å². The molecule has 2 rings (SSSR count). The van der Waals surface area contributed by atoms with Crippen molar-refractivity contribution in [3.8, 4) is 0 Å². The SMILES string of the molecule is CSCCOC(=O)C1C(C)=NC(=O)NC1c1ccc(Br)s1. The van der Waals surface area contributed by atoms with Crippen molar-refractivity contribution in [2.45, 2.75) is 13.0 Å². The highest BCUT2D eigenvalue weighted by atomic mass is 79.9. The number of hydrogen-bond acceptors (Lipinski definition) is 5. The van der Waals surface area contributed by atoms with Crippen LogP contribution in [0.4, 0.5) is 4.79 Å². The molecule has 0 spiro atoms. The van der Waals surface area contributed by atoms with Gasteiger partial charge in [-0.15, -0.1) is 11.3 Å². The van der Waals surface area contributed by atoms with Gasteiger partial charge in [0, 0.05) is 16.3 Å². The second kappa shape index (κ2) is 7.42. The minimum Gasteiger partial charge on any atom is -0.464 e. The molecule has 1 aromatic rings. The maximum absolute atomic E-state index is 12.3. The maximum atomic E-state index is 12.3. The van der Waals surface area contributed by atoms with E-state index in [1.807, 2.05) is 18.4 Å². The molecule has 0 saturated carbocycles. The highest BCUT2D eigenvalue weighted by Crippen LogP contribution is 2.34. The van der Waals surface area contributed by atoms with E-state index in [1.165, 1.54) is 11.3 Å². The third-order valence-electron chi connectivity index (χ3n) is 3.03. The Hall–Kier alpha value is -0.860. The number of ether oxygens (including phenoxy) is 1. The van der Waals surface area contributed by atoms with E-state index in [2.05, 4.69) is 26.2 Å². The lowest BCUT2D eigenvalue weighted by Crippen LogP contribution is -2.44. The first-order valence-corrected chi connectivity index (χ1v) is 9.29. The van der Waals surface area contributed by atoms with Crippen molar-refractivity contribution < 1.29 is 14.3 Å². The van der Waals surface area contributed by atoms with Crippen molar-refractivity contribution in [3.05, 3.63) is 20.8 Å². The lowest BCUT2D eigenvalue weighted by molar-refractivity contribution is -0.146. The average molecular weight is 391 g/mol. The predicted molar refractivity (Wildman–Crippen MR) is 89.2 cm³/mol. The Balaban J connectivity index is 2.22. The lowest BCUT2D eigenvalue weighted by Gasteiger charge is -2.28. The summed E-state index contributed by atoms with van der Waals surface area (Å²) in [6.45, 7) is 2.05. The number of nitrogens with zero attached hydrogens (tertiary/aromatic N) is 1. The first-order valence-electron chi connectivity index (χ1n) is 6.29. The summed E-state index contributed by atoms with van der Waals surface area (Å²) in [6.07, 6.45) is 1.95. The molecule has 0 aliphatic carbocycles. The molecule has 1 aliphatic heterocycles. The molecular formula is C13H15BrN2O3S2. The molecule has 114 valence electrons. The molecule has 5 nitrogen and oxygen atoms in total. The van der Waals surface area contributed by atoms with Crippen LogP contribution in [-0.2, 0) is 9.53 Å². The van der Waals surface area contributed by atoms with Crippen LogP contribution in [0.5, 0.6) is 0 Å². The van der Waals surface area contributed by atoms with Gasteiger partial charge < -0.3 is 10.1 Å². The number of hydrogen-bond donors (Lipinski definition) is 1. The maximum Gasteiger partial charge on any atom is 0.341 e. The van der Waals surface area contributed by atoms with Gasteiger partial charge in [0.05, 0.1) is 9.83 Å². The van der Waals surface area contributed by atoms with Gasteiger partial charge in [0.2, 0.25) is 0 Å². The zero-order valence-electron chi connectivity index (χ0n) is 11.6. The second-order valence-electron chi connectivity index (χ2n) is 4.46. The van der Waals surface area contributed by atoms with Gasteiger partial charge in [-0.1, -0.05) is 0 Å². The van der Waals surface area contributed by atoms with Crippen LogP contribution in [-0.4, -0.2) is 36.3 Å². The van der Waals surface area contributed by atoms with Crippen LogP contribution in [0.2, 0.25) is 0 Å². The zero-order chi connectivity index (χ0) is 15.4. The number of esters is 1. The summed E-state index contributed by atoms with van der Waals surface area (Å²) in [7, 11) is 0. The van der Waals surface area contributed by atoms with Gasteiger partial charge in [-0.3, -0.25) is 4.79 Å².